The Morgan fingerprint density at radius 2 is 2.11 bits per heavy atom. The second-order valence-electron chi connectivity index (χ2n) is 4.30. The molecule has 0 fully saturated rings. The summed E-state index contributed by atoms with van der Waals surface area (Å²) in [6, 6.07) is 7.60. The van der Waals surface area contributed by atoms with Gasteiger partial charge < -0.3 is 5.11 Å². The summed E-state index contributed by atoms with van der Waals surface area (Å²) in [5.74, 6) is -1.06. The number of para-hydroxylation sites is 1. The van der Waals surface area contributed by atoms with E-state index in [1.54, 1.807) is 0 Å². The van der Waals surface area contributed by atoms with Gasteiger partial charge in [0.2, 0.25) is 0 Å². The zero-order chi connectivity index (χ0) is 13.6. The molecule has 1 N–H and O–H groups in total. The fourth-order valence-corrected chi connectivity index (χ4v) is 2.31. The zero-order valence-corrected chi connectivity index (χ0v) is 10.8. The van der Waals surface area contributed by atoms with Gasteiger partial charge in [0.15, 0.2) is 0 Å². The molecule has 5 heteroatoms. The molecule has 0 radical (unpaired) electrons. The number of aryl methyl sites for hydroxylation is 1. The van der Waals surface area contributed by atoms with Gasteiger partial charge in [-0.25, -0.2) is 14.8 Å². The van der Waals surface area contributed by atoms with Crippen LogP contribution in [0, 0.1) is 6.92 Å². The third-order valence-electron chi connectivity index (χ3n) is 3.06. The van der Waals surface area contributed by atoms with Gasteiger partial charge in [-0.1, -0.05) is 29.8 Å². The molecule has 2 aromatic heterocycles. The number of aromatic nitrogens is 2. The van der Waals surface area contributed by atoms with Crippen molar-refractivity contribution in [2.24, 2.45) is 0 Å². The Balaban J connectivity index is 2.54. The van der Waals surface area contributed by atoms with Gasteiger partial charge in [0.05, 0.1) is 11.0 Å². The number of hydrogen-bond donors (Lipinski definition) is 1. The van der Waals surface area contributed by atoms with Crippen LogP contribution in [0.1, 0.15) is 15.9 Å². The summed E-state index contributed by atoms with van der Waals surface area (Å²) in [4.78, 5) is 19.6. The van der Waals surface area contributed by atoms with Crippen LogP contribution in [0.4, 0.5) is 0 Å². The first-order valence-electron chi connectivity index (χ1n) is 5.66. The minimum atomic E-state index is -1.06. The molecule has 0 aliphatic rings. The van der Waals surface area contributed by atoms with Crippen molar-refractivity contribution >= 4 is 39.4 Å². The number of carboxylic acid groups (broad SMARTS) is 1. The monoisotopic (exact) mass is 272 g/mol. The summed E-state index contributed by atoms with van der Waals surface area (Å²) in [6.07, 6.45) is 1.24. The smallest absolute Gasteiger partial charge is 0.339 e. The van der Waals surface area contributed by atoms with Gasteiger partial charge in [0, 0.05) is 17.0 Å². The van der Waals surface area contributed by atoms with Gasteiger partial charge in [-0.15, -0.1) is 0 Å². The number of fused-ring (bicyclic) bond motifs is 2. The highest BCUT2D eigenvalue weighted by Gasteiger charge is 2.14. The van der Waals surface area contributed by atoms with Crippen molar-refractivity contribution in [3.8, 4) is 0 Å². The molecule has 0 aliphatic carbocycles. The summed E-state index contributed by atoms with van der Waals surface area (Å²) in [6.45, 7) is 1.93. The van der Waals surface area contributed by atoms with Crippen LogP contribution in [-0.2, 0) is 0 Å². The SMILES string of the molecule is Cc1cccc2cc3c(Cl)ncc(C(=O)O)c3nc12. The first-order chi connectivity index (χ1) is 9.08. The lowest BCUT2D eigenvalue weighted by Crippen LogP contribution is -2.01. The van der Waals surface area contributed by atoms with Gasteiger partial charge in [-0.3, -0.25) is 0 Å². The van der Waals surface area contributed by atoms with Crippen molar-refractivity contribution in [2.75, 3.05) is 0 Å². The second-order valence-corrected chi connectivity index (χ2v) is 4.66. The molecule has 2 heterocycles. The maximum absolute atomic E-state index is 11.2. The van der Waals surface area contributed by atoms with Crippen molar-refractivity contribution in [1.82, 2.24) is 9.97 Å². The van der Waals surface area contributed by atoms with Crippen molar-refractivity contribution < 1.29 is 9.90 Å². The van der Waals surface area contributed by atoms with Gasteiger partial charge >= 0.3 is 5.97 Å². The molecule has 0 bridgehead atoms. The maximum Gasteiger partial charge on any atom is 0.339 e. The largest absolute Gasteiger partial charge is 0.478 e. The minimum Gasteiger partial charge on any atom is -0.478 e. The third-order valence-corrected chi connectivity index (χ3v) is 3.36. The molecule has 0 aliphatic heterocycles. The lowest BCUT2D eigenvalue weighted by atomic mass is 10.1. The van der Waals surface area contributed by atoms with E-state index < -0.39 is 5.97 Å². The molecule has 0 saturated carbocycles. The van der Waals surface area contributed by atoms with E-state index in [9.17, 15) is 9.90 Å². The average molecular weight is 273 g/mol. The van der Waals surface area contributed by atoms with Gasteiger partial charge in [-0.2, -0.15) is 0 Å². The second kappa shape index (κ2) is 4.17. The van der Waals surface area contributed by atoms with Crippen LogP contribution in [0.25, 0.3) is 21.8 Å². The number of carboxylic acids is 1. The summed E-state index contributed by atoms with van der Waals surface area (Å²) >= 11 is 6.03. The van der Waals surface area contributed by atoms with Crippen LogP contribution < -0.4 is 0 Å². The number of halogens is 1. The van der Waals surface area contributed by atoms with E-state index >= 15 is 0 Å². The molecule has 0 saturated heterocycles. The standard InChI is InChI=1S/C14H9ClN2O2/c1-7-3-2-4-8-5-9-12(17-11(7)8)10(14(18)19)6-16-13(9)15/h2-6H,1H3,(H,18,19). The summed E-state index contributed by atoms with van der Waals surface area (Å²) in [5.41, 5.74) is 2.20. The number of benzene rings is 1. The van der Waals surface area contributed by atoms with Crippen molar-refractivity contribution in [3.05, 3.63) is 46.7 Å². The summed E-state index contributed by atoms with van der Waals surface area (Å²) < 4.78 is 0. The first-order valence-corrected chi connectivity index (χ1v) is 6.03. The van der Waals surface area contributed by atoms with Crippen molar-refractivity contribution in [3.63, 3.8) is 0 Å². The van der Waals surface area contributed by atoms with E-state index in [0.29, 0.717) is 10.9 Å². The molecule has 3 rings (SSSR count). The van der Waals surface area contributed by atoms with E-state index in [2.05, 4.69) is 9.97 Å². The number of rotatable bonds is 1. The Kier molecular flexibility index (Phi) is 2.61. The normalized spacial score (nSPS) is 11.1. The number of carbonyl (C=O) groups is 1. The van der Waals surface area contributed by atoms with Crippen LogP contribution >= 0.6 is 11.6 Å². The molecule has 4 nitrogen and oxygen atoms in total. The van der Waals surface area contributed by atoms with Crippen LogP contribution in [0.5, 0.6) is 0 Å². The van der Waals surface area contributed by atoms with Crippen LogP contribution in [0.2, 0.25) is 5.15 Å². The predicted molar refractivity (Wildman–Crippen MR) is 73.8 cm³/mol. The fourth-order valence-electron chi connectivity index (χ4n) is 2.12. The van der Waals surface area contributed by atoms with Crippen molar-refractivity contribution in [1.29, 1.82) is 0 Å². The van der Waals surface area contributed by atoms with E-state index in [4.69, 9.17) is 11.6 Å². The Labute approximate surface area is 113 Å². The lowest BCUT2D eigenvalue weighted by molar-refractivity contribution is 0.0698. The molecule has 0 unspecified atom stereocenters. The molecule has 0 spiro atoms. The lowest BCUT2D eigenvalue weighted by Gasteiger charge is -2.07. The molecule has 1 aromatic carbocycles. The van der Waals surface area contributed by atoms with Crippen molar-refractivity contribution in [2.45, 2.75) is 6.92 Å². The van der Waals surface area contributed by atoms with E-state index in [-0.39, 0.29) is 10.7 Å². The van der Waals surface area contributed by atoms with Crippen LogP contribution in [0.15, 0.2) is 30.5 Å². The highest BCUT2D eigenvalue weighted by molar-refractivity contribution is 6.34. The molecule has 0 amide bonds. The highest BCUT2D eigenvalue weighted by Crippen LogP contribution is 2.28. The topological polar surface area (TPSA) is 63.1 Å². The zero-order valence-electron chi connectivity index (χ0n) is 10.0. The maximum atomic E-state index is 11.2. The fraction of sp³-hybridized carbons (Fsp3) is 0.0714. The Morgan fingerprint density at radius 3 is 2.84 bits per heavy atom. The first kappa shape index (κ1) is 11.9. The minimum absolute atomic E-state index is 0.0598. The molecule has 3 aromatic rings. The number of aromatic carboxylic acids is 1. The average Bonchev–Trinajstić information content (AvgIpc) is 2.38. The van der Waals surface area contributed by atoms with E-state index in [1.165, 1.54) is 6.20 Å². The Morgan fingerprint density at radius 1 is 1.32 bits per heavy atom. The number of hydrogen-bond acceptors (Lipinski definition) is 3. The Hall–Kier alpha value is -2.20. The van der Waals surface area contributed by atoms with Gasteiger partial charge in [0.25, 0.3) is 0 Å². The van der Waals surface area contributed by atoms with Gasteiger partial charge in [-0.05, 0) is 18.6 Å². The number of nitrogens with zero attached hydrogens (tertiary/aromatic N) is 2. The van der Waals surface area contributed by atoms with Crippen LogP contribution in [-0.4, -0.2) is 21.0 Å². The molecule has 0 atom stereocenters. The Bertz CT molecular complexity index is 830. The van der Waals surface area contributed by atoms with E-state index in [0.717, 1.165) is 16.5 Å². The molecular weight excluding hydrogens is 264 g/mol. The number of pyridine rings is 2. The van der Waals surface area contributed by atoms with Gasteiger partial charge in [0.1, 0.15) is 10.7 Å². The third kappa shape index (κ3) is 1.81. The van der Waals surface area contributed by atoms with E-state index in [1.807, 2.05) is 31.2 Å². The molecular formula is C14H9ClN2O2. The molecule has 19 heavy (non-hydrogen) atoms. The van der Waals surface area contributed by atoms with Crippen LogP contribution in [0.3, 0.4) is 0 Å². The molecule has 94 valence electrons. The quantitative estimate of drug-likeness (QED) is 0.544. The summed E-state index contributed by atoms with van der Waals surface area (Å²) in [5, 5.41) is 10.9. The highest BCUT2D eigenvalue weighted by atomic mass is 35.5. The summed E-state index contributed by atoms with van der Waals surface area (Å²) in [7, 11) is 0. The predicted octanol–water partition coefficient (Wildman–Crippen LogP) is 3.44.